The summed E-state index contributed by atoms with van der Waals surface area (Å²) in [5.41, 5.74) is 8.31. The molecule has 0 saturated heterocycles. The average Bonchev–Trinajstić information content (AvgIpc) is 2.52. The van der Waals surface area contributed by atoms with E-state index in [1.165, 1.54) is 0 Å². The molecule has 0 saturated carbocycles. The summed E-state index contributed by atoms with van der Waals surface area (Å²) < 4.78 is 24.7. The van der Waals surface area contributed by atoms with Gasteiger partial charge in [0, 0.05) is 0 Å². The Morgan fingerprint density at radius 1 is 0.913 bits per heavy atom. The number of aryl methyl sites for hydroxylation is 2. The lowest BCUT2D eigenvalue weighted by Crippen LogP contribution is -2.25. The maximum Gasteiger partial charge on any atom is 0.447 e. The number of hydrogen-bond acceptors (Lipinski definition) is 4. The predicted molar refractivity (Wildman–Crippen MR) is 94.1 cm³/mol. The van der Waals surface area contributed by atoms with Crippen LogP contribution in [-0.4, -0.2) is 5.78 Å². The third-order valence-corrected chi connectivity index (χ3v) is 5.50. The van der Waals surface area contributed by atoms with E-state index in [2.05, 4.69) is 0 Å². The van der Waals surface area contributed by atoms with E-state index in [0.29, 0.717) is 17.9 Å². The molecule has 0 spiro atoms. The van der Waals surface area contributed by atoms with Crippen molar-refractivity contribution in [1.29, 1.82) is 0 Å². The van der Waals surface area contributed by atoms with Crippen molar-refractivity contribution in [2.75, 3.05) is 0 Å². The molecule has 124 valence electrons. The summed E-state index contributed by atoms with van der Waals surface area (Å²) in [6.45, 7) is 5.95. The van der Waals surface area contributed by atoms with Crippen molar-refractivity contribution < 1.29 is 13.6 Å². The van der Waals surface area contributed by atoms with Gasteiger partial charge in [0.25, 0.3) is 0 Å². The summed E-state index contributed by atoms with van der Waals surface area (Å²) in [6.07, 6.45) is 1.37. The van der Waals surface area contributed by atoms with Gasteiger partial charge in [-0.05, 0) is 44.5 Å². The van der Waals surface area contributed by atoms with Crippen molar-refractivity contribution >= 4 is 7.60 Å². The molecule has 0 fully saturated rings. The van der Waals surface area contributed by atoms with Gasteiger partial charge in [0.2, 0.25) is 0 Å². The molecular weight excluding hydrogens is 309 g/mol. The molecule has 4 nitrogen and oxygen atoms in total. The third-order valence-electron chi connectivity index (χ3n) is 3.50. The number of hydrogen-bond donors (Lipinski definition) is 1. The molecule has 0 amide bonds. The Labute approximate surface area is 138 Å². The average molecular weight is 333 g/mol. The lowest BCUT2D eigenvalue weighted by molar-refractivity contribution is 0.368. The van der Waals surface area contributed by atoms with Crippen molar-refractivity contribution in [3.63, 3.8) is 0 Å². The highest BCUT2D eigenvalue weighted by Crippen LogP contribution is 2.52. The Hall–Kier alpha value is -1.77. The van der Waals surface area contributed by atoms with E-state index in [1.54, 1.807) is 24.3 Å². The minimum atomic E-state index is -3.52. The maximum absolute atomic E-state index is 13.2. The van der Waals surface area contributed by atoms with E-state index >= 15 is 0 Å². The zero-order valence-electron chi connectivity index (χ0n) is 13.9. The van der Waals surface area contributed by atoms with Crippen LogP contribution in [0.1, 0.15) is 30.9 Å². The zero-order chi connectivity index (χ0) is 16.9. The van der Waals surface area contributed by atoms with Crippen molar-refractivity contribution in [3.05, 3.63) is 59.7 Å². The van der Waals surface area contributed by atoms with Crippen LogP contribution in [0.15, 0.2) is 48.5 Å². The summed E-state index contributed by atoms with van der Waals surface area (Å²) in [7, 11) is -3.52. The van der Waals surface area contributed by atoms with Crippen molar-refractivity contribution in [3.8, 4) is 11.5 Å². The van der Waals surface area contributed by atoms with Crippen LogP contribution in [0.4, 0.5) is 0 Å². The molecule has 0 aromatic heterocycles. The molecule has 0 radical (unpaired) electrons. The Morgan fingerprint density at radius 2 is 1.30 bits per heavy atom. The second kappa shape index (κ2) is 7.67. The normalized spacial score (nSPS) is 12.7. The van der Waals surface area contributed by atoms with Gasteiger partial charge in [0.1, 0.15) is 17.3 Å². The standard InChI is InChI=1S/C18H24NO3P/c1-4-5-18(19)23(20,21-16-10-6-14(2)7-11-16)22-17-12-8-15(3)9-13-17/h6-13,18H,4-5,19H2,1-3H3. The zero-order valence-corrected chi connectivity index (χ0v) is 14.8. The van der Waals surface area contributed by atoms with Gasteiger partial charge in [-0.1, -0.05) is 48.7 Å². The largest absolute Gasteiger partial charge is 0.447 e. The highest BCUT2D eigenvalue weighted by Gasteiger charge is 2.36. The Balaban J connectivity index is 2.25. The van der Waals surface area contributed by atoms with Gasteiger partial charge < -0.3 is 14.8 Å². The Bertz CT molecular complexity index is 616. The molecule has 2 aromatic rings. The van der Waals surface area contributed by atoms with Gasteiger partial charge >= 0.3 is 7.60 Å². The van der Waals surface area contributed by atoms with Crippen LogP contribution >= 0.6 is 7.60 Å². The molecule has 2 aromatic carbocycles. The summed E-state index contributed by atoms with van der Waals surface area (Å²) in [5, 5.41) is 0. The number of benzene rings is 2. The van der Waals surface area contributed by atoms with Gasteiger partial charge in [-0.15, -0.1) is 0 Å². The molecule has 0 aliphatic carbocycles. The fraction of sp³-hybridized carbons (Fsp3) is 0.333. The lowest BCUT2D eigenvalue weighted by atomic mass is 10.2. The molecule has 2 N–H and O–H groups in total. The molecule has 0 heterocycles. The first kappa shape index (κ1) is 17.6. The fourth-order valence-electron chi connectivity index (χ4n) is 2.10. The molecule has 1 unspecified atom stereocenters. The highest BCUT2D eigenvalue weighted by molar-refractivity contribution is 7.55. The Kier molecular flexibility index (Phi) is 5.86. The van der Waals surface area contributed by atoms with E-state index in [9.17, 15) is 4.57 Å². The van der Waals surface area contributed by atoms with Crippen LogP contribution in [0, 0.1) is 13.8 Å². The van der Waals surface area contributed by atoms with E-state index in [-0.39, 0.29) is 0 Å². The summed E-state index contributed by atoms with van der Waals surface area (Å²) in [5.74, 6) is 0.324. The molecule has 23 heavy (non-hydrogen) atoms. The van der Waals surface area contributed by atoms with Crippen LogP contribution in [0.5, 0.6) is 11.5 Å². The van der Waals surface area contributed by atoms with Crippen LogP contribution in [-0.2, 0) is 4.57 Å². The molecule has 0 bridgehead atoms. The molecular formula is C18H24NO3P. The first-order valence-electron chi connectivity index (χ1n) is 7.81. The maximum atomic E-state index is 13.2. The molecule has 5 heteroatoms. The summed E-state index contributed by atoms with van der Waals surface area (Å²) >= 11 is 0. The topological polar surface area (TPSA) is 61.6 Å². The minimum Gasteiger partial charge on any atom is -0.415 e. The third kappa shape index (κ3) is 4.85. The van der Waals surface area contributed by atoms with Gasteiger partial charge in [0.15, 0.2) is 0 Å². The van der Waals surface area contributed by atoms with Crippen LogP contribution in [0.25, 0.3) is 0 Å². The first-order valence-corrected chi connectivity index (χ1v) is 9.42. The summed E-state index contributed by atoms with van der Waals surface area (Å²) in [6, 6.07) is 14.7. The second-order valence-corrected chi connectivity index (χ2v) is 7.81. The van der Waals surface area contributed by atoms with Gasteiger partial charge in [-0.2, -0.15) is 0 Å². The van der Waals surface area contributed by atoms with E-state index < -0.39 is 13.4 Å². The van der Waals surface area contributed by atoms with Gasteiger partial charge in [-0.3, -0.25) is 0 Å². The fourth-order valence-corrected chi connectivity index (χ4v) is 3.81. The molecule has 1 atom stereocenters. The number of nitrogens with two attached hydrogens (primary N) is 1. The monoisotopic (exact) mass is 333 g/mol. The summed E-state index contributed by atoms with van der Waals surface area (Å²) in [4.78, 5) is 0. The number of rotatable bonds is 7. The minimum absolute atomic E-state index is 0.498. The Morgan fingerprint density at radius 3 is 1.65 bits per heavy atom. The lowest BCUT2D eigenvalue weighted by Gasteiger charge is -2.25. The van der Waals surface area contributed by atoms with Crippen molar-refractivity contribution in [2.24, 2.45) is 5.73 Å². The highest BCUT2D eigenvalue weighted by atomic mass is 31.2. The van der Waals surface area contributed by atoms with Crippen molar-refractivity contribution in [2.45, 2.75) is 39.4 Å². The smallest absolute Gasteiger partial charge is 0.415 e. The van der Waals surface area contributed by atoms with E-state index in [1.807, 2.05) is 45.0 Å². The van der Waals surface area contributed by atoms with Crippen molar-refractivity contribution in [1.82, 2.24) is 0 Å². The SMILES string of the molecule is CCCC(N)P(=O)(Oc1ccc(C)cc1)Oc1ccc(C)cc1. The molecule has 0 aliphatic heterocycles. The molecule has 0 aliphatic rings. The van der Waals surface area contributed by atoms with Crippen LogP contribution in [0.2, 0.25) is 0 Å². The molecule has 2 rings (SSSR count). The van der Waals surface area contributed by atoms with Gasteiger partial charge in [-0.25, -0.2) is 4.57 Å². The quantitative estimate of drug-likeness (QED) is 0.721. The predicted octanol–water partition coefficient (Wildman–Crippen LogP) is 5.04. The van der Waals surface area contributed by atoms with Crippen LogP contribution in [0.3, 0.4) is 0 Å². The van der Waals surface area contributed by atoms with Gasteiger partial charge in [0.05, 0.1) is 0 Å². The van der Waals surface area contributed by atoms with E-state index in [0.717, 1.165) is 17.5 Å². The van der Waals surface area contributed by atoms with E-state index in [4.69, 9.17) is 14.8 Å². The van der Waals surface area contributed by atoms with Crippen LogP contribution < -0.4 is 14.8 Å². The first-order chi connectivity index (χ1) is 10.9. The second-order valence-electron chi connectivity index (χ2n) is 5.70.